The number of nitrogens with one attached hydrogen (secondary N) is 2. The number of alkyl carbamates (subject to hydrolysis) is 1. The summed E-state index contributed by atoms with van der Waals surface area (Å²) < 4.78 is 5.48. The zero-order valence-electron chi connectivity index (χ0n) is 24.3. The summed E-state index contributed by atoms with van der Waals surface area (Å²) in [5.41, 5.74) is 0.524. The number of amides is 3. The van der Waals surface area contributed by atoms with E-state index in [-0.39, 0.29) is 23.8 Å². The van der Waals surface area contributed by atoms with Crippen LogP contribution in [0.3, 0.4) is 0 Å². The van der Waals surface area contributed by atoms with Gasteiger partial charge in [0.15, 0.2) is 0 Å². The van der Waals surface area contributed by atoms with E-state index in [1.54, 1.807) is 25.7 Å². The van der Waals surface area contributed by atoms with Gasteiger partial charge in [-0.05, 0) is 78.4 Å². The van der Waals surface area contributed by atoms with Gasteiger partial charge < -0.3 is 20.3 Å². The fourth-order valence-corrected chi connectivity index (χ4v) is 3.93. The third kappa shape index (κ3) is 8.82. The van der Waals surface area contributed by atoms with Gasteiger partial charge in [-0.2, -0.15) is 0 Å². The van der Waals surface area contributed by atoms with E-state index in [4.69, 9.17) is 4.74 Å². The van der Waals surface area contributed by atoms with Crippen molar-refractivity contribution in [1.29, 1.82) is 0 Å². The lowest BCUT2D eigenvalue weighted by Gasteiger charge is -2.45. The predicted molar refractivity (Wildman–Crippen MR) is 146 cm³/mol. The Morgan fingerprint density at radius 3 is 1.89 bits per heavy atom. The Bertz CT molecular complexity index is 872. The van der Waals surface area contributed by atoms with Crippen molar-refractivity contribution in [3.63, 3.8) is 0 Å². The summed E-state index contributed by atoms with van der Waals surface area (Å²) in [4.78, 5) is 42.4. The molecule has 0 spiro atoms. The van der Waals surface area contributed by atoms with Gasteiger partial charge in [0.1, 0.15) is 17.7 Å². The standard InChI is InChI=1S/C29H49N3O4/c1-12-20(6)23(31-27(35)36-28(7,8)9)26(34)32(29(10,11)14-3)24(25(33)30-19(4)5)22-17-15-21(13-2)16-18-22/h15-20,23-24H,12-14H2,1-11H3,(H,30,33)(H,31,35). The van der Waals surface area contributed by atoms with E-state index in [2.05, 4.69) is 17.6 Å². The number of ether oxygens (including phenoxy) is 1. The summed E-state index contributed by atoms with van der Waals surface area (Å²) in [6.07, 6.45) is 1.52. The van der Waals surface area contributed by atoms with Crippen LogP contribution in [-0.4, -0.2) is 46.0 Å². The Morgan fingerprint density at radius 1 is 0.917 bits per heavy atom. The van der Waals surface area contributed by atoms with Crippen LogP contribution in [0.5, 0.6) is 0 Å². The molecule has 7 nitrogen and oxygen atoms in total. The van der Waals surface area contributed by atoms with E-state index in [9.17, 15) is 14.4 Å². The molecule has 0 fully saturated rings. The first-order valence-corrected chi connectivity index (χ1v) is 13.3. The molecule has 1 aromatic carbocycles. The van der Waals surface area contributed by atoms with Crippen LogP contribution >= 0.6 is 0 Å². The summed E-state index contributed by atoms with van der Waals surface area (Å²) in [7, 11) is 0. The number of carbonyl (C=O) groups is 3. The van der Waals surface area contributed by atoms with Crippen molar-refractivity contribution < 1.29 is 19.1 Å². The molecule has 0 radical (unpaired) electrons. The molecule has 3 unspecified atom stereocenters. The number of carbonyl (C=O) groups excluding carboxylic acids is 3. The molecule has 0 aliphatic rings. The van der Waals surface area contributed by atoms with Crippen LogP contribution in [0.1, 0.15) is 106 Å². The Labute approximate surface area is 218 Å². The lowest BCUT2D eigenvalue weighted by molar-refractivity contribution is -0.150. The molecule has 36 heavy (non-hydrogen) atoms. The molecular formula is C29H49N3O4. The van der Waals surface area contributed by atoms with Crippen molar-refractivity contribution in [2.45, 2.75) is 125 Å². The van der Waals surface area contributed by atoms with E-state index in [1.807, 2.05) is 72.7 Å². The number of nitrogens with zero attached hydrogens (tertiary/aromatic N) is 1. The molecule has 3 amide bonds. The first-order valence-electron chi connectivity index (χ1n) is 13.3. The first-order chi connectivity index (χ1) is 16.6. The highest BCUT2D eigenvalue weighted by Gasteiger charge is 2.44. The molecule has 0 saturated carbocycles. The summed E-state index contributed by atoms with van der Waals surface area (Å²) >= 11 is 0. The van der Waals surface area contributed by atoms with E-state index >= 15 is 0 Å². The van der Waals surface area contributed by atoms with Crippen LogP contribution in [-0.2, 0) is 20.7 Å². The van der Waals surface area contributed by atoms with Crippen LogP contribution in [0, 0.1) is 5.92 Å². The smallest absolute Gasteiger partial charge is 0.408 e. The summed E-state index contributed by atoms with van der Waals surface area (Å²) in [6, 6.07) is 6.05. The largest absolute Gasteiger partial charge is 0.444 e. The maximum atomic E-state index is 14.4. The van der Waals surface area contributed by atoms with Crippen molar-refractivity contribution in [3.8, 4) is 0 Å². The van der Waals surface area contributed by atoms with Crippen molar-refractivity contribution in [1.82, 2.24) is 15.5 Å². The Morgan fingerprint density at radius 2 is 1.47 bits per heavy atom. The topological polar surface area (TPSA) is 87.7 Å². The van der Waals surface area contributed by atoms with E-state index < -0.39 is 29.3 Å². The second-order valence-corrected chi connectivity index (χ2v) is 11.5. The fourth-order valence-electron chi connectivity index (χ4n) is 3.93. The lowest BCUT2D eigenvalue weighted by Crippen LogP contribution is -2.61. The average Bonchev–Trinajstić information content (AvgIpc) is 2.78. The Kier molecular flexibility index (Phi) is 11.5. The van der Waals surface area contributed by atoms with Gasteiger partial charge in [-0.25, -0.2) is 4.79 Å². The van der Waals surface area contributed by atoms with E-state index in [0.29, 0.717) is 12.8 Å². The van der Waals surface area contributed by atoms with Gasteiger partial charge in [0, 0.05) is 11.6 Å². The van der Waals surface area contributed by atoms with Crippen molar-refractivity contribution in [2.75, 3.05) is 0 Å². The quantitative estimate of drug-likeness (QED) is 0.401. The molecule has 1 aromatic rings. The number of aryl methyl sites for hydroxylation is 1. The van der Waals surface area contributed by atoms with Gasteiger partial charge >= 0.3 is 6.09 Å². The second kappa shape index (κ2) is 13.1. The lowest BCUT2D eigenvalue weighted by atomic mass is 9.89. The van der Waals surface area contributed by atoms with Crippen LogP contribution in [0.15, 0.2) is 24.3 Å². The molecule has 0 aliphatic heterocycles. The Balaban J connectivity index is 3.66. The molecule has 0 aliphatic carbocycles. The van der Waals surface area contributed by atoms with Crippen LogP contribution in [0.25, 0.3) is 0 Å². The number of hydrogen-bond donors (Lipinski definition) is 2. The molecule has 0 saturated heterocycles. The fraction of sp³-hybridized carbons (Fsp3) is 0.690. The molecule has 2 N–H and O–H groups in total. The third-order valence-corrected chi connectivity index (χ3v) is 6.55. The predicted octanol–water partition coefficient (Wildman–Crippen LogP) is 5.77. The highest BCUT2D eigenvalue weighted by molar-refractivity contribution is 5.93. The third-order valence-electron chi connectivity index (χ3n) is 6.55. The second-order valence-electron chi connectivity index (χ2n) is 11.5. The van der Waals surface area contributed by atoms with Gasteiger partial charge in [-0.1, -0.05) is 58.4 Å². The molecule has 7 heteroatoms. The highest BCUT2D eigenvalue weighted by atomic mass is 16.6. The molecular weight excluding hydrogens is 454 g/mol. The monoisotopic (exact) mass is 503 g/mol. The van der Waals surface area contributed by atoms with E-state index in [0.717, 1.165) is 17.5 Å². The maximum absolute atomic E-state index is 14.4. The number of benzene rings is 1. The van der Waals surface area contributed by atoms with Gasteiger partial charge in [0.05, 0.1) is 0 Å². The molecule has 0 bridgehead atoms. The summed E-state index contributed by atoms with van der Waals surface area (Å²) in [5.74, 6) is -0.716. The zero-order chi connectivity index (χ0) is 27.8. The van der Waals surface area contributed by atoms with Crippen LogP contribution < -0.4 is 10.6 Å². The Hall–Kier alpha value is -2.57. The summed E-state index contributed by atoms with van der Waals surface area (Å²) in [5, 5.41) is 5.83. The molecule has 0 aromatic heterocycles. The maximum Gasteiger partial charge on any atom is 0.408 e. The van der Waals surface area contributed by atoms with Crippen molar-refractivity contribution >= 4 is 17.9 Å². The zero-order valence-corrected chi connectivity index (χ0v) is 24.3. The minimum atomic E-state index is -0.854. The highest BCUT2D eigenvalue weighted by Crippen LogP contribution is 2.33. The molecule has 204 valence electrons. The van der Waals surface area contributed by atoms with Gasteiger partial charge in [0.25, 0.3) is 0 Å². The SMILES string of the molecule is CCc1ccc(C(C(=O)NC(C)C)N(C(=O)C(NC(=O)OC(C)(C)C)C(C)CC)C(C)(C)CC)cc1. The van der Waals surface area contributed by atoms with Crippen molar-refractivity contribution in [3.05, 3.63) is 35.4 Å². The molecule has 0 heterocycles. The van der Waals surface area contributed by atoms with E-state index in [1.165, 1.54) is 0 Å². The number of hydrogen-bond acceptors (Lipinski definition) is 4. The van der Waals surface area contributed by atoms with Crippen LogP contribution in [0.2, 0.25) is 0 Å². The summed E-state index contributed by atoms with van der Waals surface area (Å²) in [6.45, 7) is 21.0. The number of rotatable bonds is 11. The van der Waals surface area contributed by atoms with Crippen molar-refractivity contribution in [2.24, 2.45) is 5.92 Å². The molecule has 3 atom stereocenters. The van der Waals surface area contributed by atoms with Gasteiger partial charge in [0.2, 0.25) is 11.8 Å². The minimum Gasteiger partial charge on any atom is -0.444 e. The molecule has 1 rings (SSSR count). The average molecular weight is 504 g/mol. The first kappa shape index (κ1) is 31.5. The van der Waals surface area contributed by atoms with Crippen LogP contribution in [0.4, 0.5) is 4.79 Å². The van der Waals surface area contributed by atoms with Gasteiger partial charge in [-0.3, -0.25) is 9.59 Å². The van der Waals surface area contributed by atoms with Gasteiger partial charge in [-0.15, -0.1) is 0 Å². The minimum absolute atomic E-state index is 0.0955. The normalized spacial score (nSPS) is 14.6.